The summed E-state index contributed by atoms with van der Waals surface area (Å²) in [5.74, 6) is -2.38. The summed E-state index contributed by atoms with van der Waals surface area (Å²) < 4.78 is 0. The molecule has 0 aromatic carbocycles. The number of rotatable bonds is 4. The van der Waals surface area contributed by atoms with E-state index < -0.39 is 35.6 Å². The van der Waals surface area contributed by atoms with Crippen molar-refractivity contribution in [2.75, 3.05) is 13.1 Å². The summed E-state index contributed by atoms with van der Waals surface area (Å²) in [6.07, 6.45) is 3.34. The molecule has 25 heavy (non-hydrogen) atoms. The molecular formula is C16H15N2O5S2-. The van der Waals surface area contributed by atoms with E-state index in [1.54, 1.807) is 6.08 Å². The number of carboxylic acid groups (broad SMARTS) is 1. The summed E-state index contributed by atoms with van der Waals surface area (Å²) in [5, 5.41) is 12.5. The minimum atomic E-state index is -1.31. The first-order valence-electron chi connectivity index (χ1n) is 7.76. The molecule has 2 aliphatic rings. The Morgan fingerprint density at radius 3 is 2.80 bits per heavy atom. The van der Waals surface area contributed by atoms with Crippen molar-refractivity contribution in [3.8, 4) is 0 Å². The normalized spacial score (nSPS) is 22.7. The molecule has 0 spiro atoms. The smallest absolute Gasteiger partial charge is 0.294 e. The third-order valence-corrected chi connectivity index (χ3v) is 5.81. The monoisotopic (exact) mass is 379 g/mol. The number of thiophene rings is 1. The summed E-state index contributed by atoms with van der Waals surface area (Å²) in [4.78, 5) is 51.3. The van der Waals surface area contributed by atoms with Crippen LogP contribution in [0.2, 0.25) is 0 Å². The number of amides is 3. The highest BCUT2D eigenvalue weighted by Crippen LogP contribution is 2.33. The van der Waals surface area contributed by atoms with E-state index in [0.29, 0.717) is 25.8 Å². The van der Waals surface area contributed by atoms with Gasteiger partial charge in [-0.2, -0.15) is 0 Å². The number of carbonyl (C=O) groups excluding carboxylic acids is 4. The van der Waals surface area contributed by atoms with Gasteiger partial charge in [0.25, 0.3) is 11.1 Å². The van der Waals surface area contributed by atoms with Gasteiger partial charge in [0.15, 0.2) is 0 Å². The molecule has 1 atom stereocenters. The van der Waals surface area contributed by atoms with Crippen molar-refractivity contribution < 1.29 is 24.3 Å². The zero-order valence-corrected chi connectivity index (χ0v) is 14.8. The second kappa shape index (κ2) is 7.40. The lowest BCUT2D eigenvalue weighted by Crippen LogP contribution is -2.55. The first-order chi connectivity index (χ1) is 12.0. The SMILES string of the molecule is O=C([O-])[C@H]1CCCCN1C(=O)CN1C(=O)S/C(=C\c2cccs2)C1=O. The van der Waals surface area contributed by atoms with E-state index in [1.807, 2.05) is 17.5 Å². The Hall–Kier alpha value is -2.13. The minimum Gasteiger partial charge on any atom is -0.548 e. The maximum atomic E-state index is 12.4. The van der Waals surface area contributed by atoms with Gasteiger partial charge in [0.2, 0.25) is 5.91 Å². The number of thioether (sulfide) groups is 1. The van der Waals surface area contributed by atoms with Crippen molar-refractivity contribution in [2.24, 2.45) is 0 Å². The number of piperidine rings is 1. The molecule has 2 fully saturated rings. The molecule has 3 rings (SSSR count). The largest absolute Gasteiger partial charge is 0.548 e. The van der Waals surface area contributed by atoms with Crippen molar-refractivity contribution in [2.45, 2.75) is 25.3 Å². The Morgan fingerprint density at radius 1 is 1.32 bits per heavy atom. The van der Waals surface area contributed by atoms with Crippen LogP contribution in [-0.2, 0) is 14.4 Å². The predicted molar refractivity (Wildman–Crippen MR) is 91.4 cm³/mol. The summed E-state index contributed by atoms with van der Waals surface area (Å²) in [6, 6.07) is 2.66. The first-order valence-corrected chi connectivity index (χ1v) is 9.46. The summed E-state index contributed by atoms with van der Waals surface area (Å²) in [5.41, 5.74) is 0. The molecule has 1 aromatic heterocycles. The molecule has 132 valence electrons. The summed E-state index contributed by atoms with van der Waals surface area (Å²) in [6.45, 7) is -0.158. The van der Waals surface area contributed by atoms with Gasteiger partial charge in [-0.3, -0.25) is 19.3 Å². The molecule has 0 aliphatic carbocycles. The topological polar surface area (TPSA) is 97.8 Å². The van der Waals surface area contributed by atoms with Gasteiger partial charge in [-0.15, -0.1) is 11.3 Å². The van der Waals surface area contributed by atoms with E-state index >= 15 is 0 Å². The lowest BCUT2D eigenvalue weighted by atomic mass is 10.0. The summed E-state index contributed by atoms with van der Waals surface area (Å²) in [7, 11) is 0. The number of nitrogens with zero attached hydrogens (tertiary/aromatic N) is 2. The molecule has 9 heteroatoms. The van der Waals surface area contributed by atoms with Crippen molar-refractivity contribution >= 4 is 52.2 Å². The number of carboxylic acids is 1. The van der Waals surface area contributed by atoms with E-state index in [0.717, 1.165) is 21.5 Å². The van der Waals surface area contributed by atoms with Crippen LogP contribution >= 0.6 is 23.1 Å². The van der Waals surface area contributed by atoms with Crippen molar-refractivity contribution in [3.63, 3.8) is 0 Å². The molecule has 3 heterocycles. The lowest BCUT2D eigenvalue weighted by Gasteiger charge is -2.36. The highest BCUT2D eigenvalue weighted by molar-refractivity contribution is 8.18. The van der Waals surface area contributed by atoms with Crippen LogP contribution < -0.4 is 5.11 Å². The van der Waals surface area contributed by atoms with Gasteiger partial charge < -0.3 is 14.8 Å². The van der Waals surface area contributed by atoms with Gasteiger partial charge in [-0.1, -0.05) is 6.07 Å². The molecule has 0 bridgehead atoms. The van der Waals surface area contributed by atoms with Crippen LogP contribution in [0.4, 0.5) is 4.79 Å². The van der Waals surface area contributed by atoms with Crippen LogP contribution in [0, 0.1) is 0 Å². The summed E-state index contributed by atoms with van der Waals surface area (Å²) >= 11 is 2.22. The molecule has 0 N–H and O–H groups in total. The fourth-order valence-corrected chi connectivity index (χ4v) is 4.40. The van der Waals surface area contributed by atoms with Gasteiger partial charge >= 0.3 is 0 Å². The molecule has 0 unspecified atom stereocenters. The molecule has 2 aliphatic heterocycles. The first kappa shape index (κ1) is 17.7. The Balaban J connectivity index is 1.71. The van der Waals surface area contributed by atoms with Crippen LogP contribution in [-0.4, -0.2) is 52.0 Å². The van der Waals surface area contributed by atoms with Crippen LogP contribution in [0.1, 0.15) is 24.1 Å². The Kier molecular flexibility index (Phi) is 5.24. The van der Waals surface area contributed by atoms with Crippen molar-refractivity contribution in [1.29, 1.82) is 0 Å². The van der Waals surface area contributed by atoms with Crippen LogP contribution in [0.25, 0.3) is 6.08 Å². The molecule has 7 nitrogen and oxygen atoms in total. The van der Waals surface area contributed by atoms with Gasteiger partial charge in [0.1, 0.15) is 6.54 Å². The molecule has 3 amide bonds. The number of likely N-dealkylation sites (tertiary alicyclic amines) is 1. The third-order valence-electron chi connectivity index (χ3n) is 4.08. The quantitative estimate of drug-likeness (QED) is 0.722. The van der Waals surface area contributed by atoms with E-state index in [1.165, 1.54) is 16.2 Å². The Labute approximate surface area is 152 Å². The molecule has 0 radical (unpaired) electrons. The van der Waals surface area contributed by atoms with Crippen LogP contribution in [0.3, 0.4) is 0 Å². The predicted octanol–water partition coefficient (Wildman–Crippen LogP) is 0.915. The van der Waals surface area contributed by atoms with Gasteiger partial charge in [0, 0.05) is 11.4 Å². The van der Waals surface area contributed by atoms with Crippen LogP contribution in [0.5, 0.6) is 0 Å². The van der Waals surface area contributed by atoms with E-state index in [2.05, 4.69) is 0 Å². The number of imide groups is 1. The lowest BCUT2D eigenvalue weighted by molar-refractivity contribution is -0.312. The average Bonchev–Trinajstić information content (AvgIpc) is 3.19. The fourth-order valence-electron chi connectivity index (χ4n) is 2.84. The average molecular weight is 379 g/mol. The van der Waals surface area contributed by atoms with Gasteiger partial charge in [-0.25, -0.2) is 0 Å². The van der Waals surface area contributed by atoms with Gasteiger partial charge in [-0.05, 0) is 48.5 Å². The standard InChI is InChI=1S/C16H16N2O5S2/c19-13(17-6-2-1-5-11(17)15(21)22)9-18-14(20)12(25-16(18)23)8-10-4-3-7-24-10/h3-4,7-8,11H,1-2,5-6,9H2,(H,21,22)/p-1/b12-8-/t11-/m1/s1. The Morgan fingerprint density at radius 2 is 2.12 bits per heavy atom. The molecule has 1 aromatic rings. The zero-order valence-electron chi connectivity index (χ0n) is 13.2. The van der Waals surface area contributed by atoms with Crippen molar-refractivity contribution in [1.82, 2.24) is 9.80 Å². The molecule has 0 saturated carbocycles. The zero-order chi connectivity index (χ0) is 18.0. The third kappa shape index (κ3) is 3.77. The minimum absolute atomic E-state index is 0.260. The van der Waals surface area contributed by atoms with Gasteiger partial charge in [0.05, 0.1) is 16.9 Å². The maximum absolute atomic E-state index is 12.4. The van der Waals surface area contributed by atoms with Crippen LogP contribution in [0.15, 0.2) is 22.4 Å². The van der Waals surface area contributed by atoms with E-state index in [-0.39, 0.29) is 4.91 Å². The molecule has 2 saturated heterocycles. The number of hydrogen-bond acceptors (Lipinski definition) is 7. The van der Waals surface area contributed by atoms with E-state index in [4.69, 9.17) is 0 Å². The second-order valence-electron chi connectivity index (χ2n) is 5.70. The Bertz CT molecular complexity index is 744. The van der Waals surface area contributed by atoms with E-state index in [9.17, 15) is 24.3 Å². The highest BCUT2D eigenvalue weighted by atomic mass is 32.2. The second-order valence-corrected chi connectivity index (χ2v) is 7.67. The van der Waals surface area contributed by atoms with Crippen molar-refractivity contribution in [3.05, 3.63) is 27.3 Å². The highest BCUT2D eigenvalue weighted by Gasteiger charge is 2.38. The number of aliphatic carboxylic acids is 1. The maximum Gasteiger partial charge on any atom is 0.294 e. The fraction of sp³-hybridized carbons (Fsp3) is 0.375. The molecular weight excluding hydrogens is 364 g/mol. The number of hydrogen-bond donors (Lipinski definition) is 0. The number of carbonyl (C=O) groups is 4.